The molecule has 5 amide bonds. The summed E-state index contributed by atoms with van der Waals surface area (Å²) in [7, 11) is 0. The lowest BCUT2D eigenvalue weighted by atomic mass is 9.55. The number of nitrogens with zero attached hydrogens (tertiary/aromatic N) is 3. The summed E-state index contributed by atoms with van der Waals surface area (Å²) in [6.07, 6.45) is 11.1. The topological polar surface area (TPSA) is 194 Å². The van der Waals surface area contributed by atoms with E-state index in [1.54, 1.807) is 56.4 Å². The zero-order valence-corrected chi connectivity index (χ0v) is 50.9. The Morgan fingerprint density at radius 2 is 1.69 bits per heavy atom. The third kappa shape index (κ3) is 12.0. The average Bonchev–Trinajstić information content (AvgIpc) is 1.76. The normalized spacial score (nSPS) is 26.9. The highest BCUT2D eigenvalue weighted by Crippen LogP contribution is 2.63. The van der Waals surface area contributed by atoms with Crippen LogP contribution in [-0.4, -0.2) is 124 Å². The first-order chi connectivity index (χ1) is 40.2. The standard InChI is InChI=1S/C64H80Cl2F2N8O7S/c1-37-54(84-36-70-37)40-15-16-41(33-69-56(78)49-32-44(77)35-76(49)58(80)55(61(2,3)4)73-59(81)62(68)25-26-62)50(30-40)83-29-9-10-38-21-27-75(28-22-38)34-39-13-18-43(19-14-39)71-57(79)53-51(45-11-8-12-47(66)52(45)67)64(63(74-53)23-6-5-7-24-63)46-20-17-42(65)31-48(46)72-60(64)82/h8,11-12,15-17,20,30-31,36,38-39,43-44,49,51,53,55,74,77H,5-7,9-10,13-14,18-19,21-29,32-35H2,1-4H3,(H,69,78)(H,71,79)(H,72,82)(H,73,81)/t39?,43?,44-,49+,51+,53-,55-,64-/m1/s1. The second-order valence-corrected chi connectivity index (χ2v) is 27.9. The summed E-state index contributed by atoms with van der Waals surface area (Å²) < 4.78 is 37.7. The zero-order chi connectivity index (χ0) is 59.3. The number of likely N-dealkylation sites (tertiary alicyclic amines) is 2. The van der Waals surface area contributed by atoms with Gasteiger partial charge in [-0.05, 0) is 155 Å². The number of nitrogens with one attached hydrogen (secondary N) is 5. The van der Waals surface area contributed by atoms with Gasteiger partial charge < -0.3 is 40.9 Å². The Balaban J connectivity index is 0.666. The molecule has 6 atom stereocenters. The fraction of sp³-hybridized carbons (Fsp3) is 0.594. The third-order valence-corrected chi connectivity index (χ3v) is 21.1. The lowest BCUT2D eigenvalue weighted by Gasteiger charge is -2.47. The second kappa shape index (κ2) is 24.5. The van der Waals surface area contributed by atoms with Gasteiger partial charge in [-0.2, -0.15) is 0 Å². The maximum Gasteiger partial charge on any atom is 0.258 e. The van der Waals surface area contributed by atoms with Gasteiger partial charge in [0, 0.05) is 59.8 Å². The molecule has 0 bridgehead atoms. The summed E-state index contributed by atoms with van der Waals surface area (Å²) in [6, 6.07) is 13.2. The van der Waals surface area contributed by atoms with E-state index in [4.69, 9.17) is 27.9 Å². The number of hydrogen-bond acceptors (Lipinski definition) is 11. The Morgan fingerprint density at radius 1 is 0.940 bits per heavy atom. The Kier molecular flexibility index (Phi) is 17.6. The third-order valence-electron chi connectivity index (χ3n) is 19.6. The summed E-state index contributed by atoms with van der Waals surface area (Å²) in [5.74, 6) is -2.04. The molecule has 452 valence electrons. The molecular weight excluding hydrogens is 1130 g/mol. The number of aryl methyl sites for hydroxylation is 1. The summed E-state index contributed by atoms with van der Waals surface area (Å²) in [6.45, 7) is 10.9. The molecule has 3 saturated heterocycles. The number of fused-ring (bicyclic) bond motifs is 3. The molecule has 3 saturated carbocycles. The van der Waals surface area contributed by atoms with E-state index >= 15 is 4.39 Å². The number of carbonyl (C=O) groups excluding carboxylic acids is 5. The Bertz CT molecular complexity index is 3130. The first kappa shape index (κ1) is 60.4. The SMILES string of the molecule is Cc1ncsc1-c1ccc(CNC(=O)[C@@H]2C[C@@H](O)CN2C(=O)[C@@H](NC(=O)C2(F)CC2)C(C)(C)C)c(OCCCC2CCN(CC3CCC(NC(=O)[C@@H]4NC5(CCCCC5)[C@@]5(C(=O)Nc6cc(Cl)ccc65)[C@H]4c4cccc(Cl)c4F)CC3)CC2)c1. The van der Waals surface area contributed by atoms with E-state index in [2.05, 4.69) is 36.5 Å². The number of piperidine rings is 1. The number of β-amino-alcohol motifs (C(OH)–C–C–N with tert-alkyl or cyclic N) is 1. The maximum absolute atomic E-state index is 16.5. The van der Waals surface area contributed by atoms with Crippen LogP contribution in [0.5, 0.6) is 5.75 Å². The van der Waals surface area contributed by atoms with Crippen LogP contribution < -0.4 is 31.3 Å². The fourth-order valence-corrected chi connectivity index (χ4v) is 16.1. The predicted molar refractivity (Wildman–Crippen MR) is 321 cm³/mol. The van der Waals surface area contributed by atoms with Gasteiger partial charge in [0.2, 0.25) is 23.6 Å². The van der Waals surface area contributed by atoms with Gasteiger partial charge in [0.15, 0.2) is 5.67 Å². The number of ether oxygens (including phenoxy) is 1. The predicted octanol–water partition coefficient (Wildman–Crippen LogP) is 10.1. The number of carbonyl (C=O) groups is 5. The number of halogens is 4. The molecule has 3 aliphatic carbocycles. The summed E-state index contributed by atoms with van der Waals surface area (Å²) in [4.78, 5) is 79.8. The van der Waals surface area contributed by atoms with Crippen LogP contribution in [-0.2, 0) is 35.9 Å². The average molecular weight is 1210 g/mol. The van der Waals surface area contributed by atoms with Crippen LogP contribution in [0.4, 0.5) is 14.5 Å². The molecule has 15 nitrogen and oxygen atoms in total. The van der Waals surface area contributed by atoms with E-state index in [-0.39, 0.29) is 60.8 Å². The molecule has 4 aliphatic heterocycles. The van der Waals surface area contributed by atoms with E-state index in [9.17, 15) is 33.5 Å². The molecule has 5 heterocycles. The number of benzene rings is 3. The van der Waals surface area contributed by atoms with Crippen LogP contribution in [0.2, 0.25) is 10.0 Å². The minimum Gasteiger partial charge on any atom is -0.493 e. The number of thiazole rings is 1. The van der Waals surface area contributed by atoms with E-state index in [1.807, 2.05) is 36.7 Å². The van der Waals surface area contributed by atoms with Gasteiger partial charge in [-0.25, -0.2) is 13.8 Å². The minimum absolute atomic E-state index is 0.0286. The van der Waals surface area contributed by atoms with Crippen molar-refractivity contribution in [3.63, 3.8) is 0 Å². The number of anilines is 1. The van der Waals surface area contributed by atoms with Crippen molar-refractivity contribution in [2.24, 2.45) is 17.3 Å². The first-order valence-corrected chi connectivity index (χ1v) is 32.1. The Labute approximate surface area is 505 Å². The van der Waals surface area contributed by atoms with Crippen LogP contribution in [0.3, 0.4) is 0 Å². The monoisotopic (exact) mass is 1210 g/mol. The molecule has 6 fully saturated rings. The van der Waals surface area contributed by atoms with Crippen LogP contribution in [0.25, 0.3) is 10.4 Å². The van der Waals surface area contributed by atoms with Gasteiger partial charge in [-0.15, -0.1) is 11.3 Å². The lowest BCUT2D eigenvalue weighted by molar-refractivity contribution is -0.145. The highest BCUT2D eigenvalue weighted by Gasteiger charge is 2.72. The van der Waals surface area contributed by atoms with Gasteiger partial charge in [0.05, 0.1) is 39.9 Å². The van der Waals surface area contributed by atoms with Crippen LogP contribution >= 0.6 is 34.5 Å². The minimum atomic E-state index is -1.98. The van der Waals surface area contributed by atoms with E-state index < -0.39 is 75.7 Å². The number of hydrogen-bond donors (Lipinski definition) is 6. The van der Waals surface area contributed by atoms with E-state index in [1.165, 1.54) is 11.0 Å². The number of aromatic nitrogens is 1. The fourth-order valence-electron chi connectivity index (χ4n) is 14.9. The van der Waals surface area contributed by atoms with Crippen LogP contribution in [0, 0.1) is 30.0 Å². The highest BCUT2D eigenvalue weighted by atomic mass is 35.5. The smallest absolute Gasteiger partial charge is 0.258 e. The van der Waals surface area contributed by atoms with Crippen molar-refractivity contribution >= 4 is 69.8 Å². The first-order valence-electron chi connectivity index (χ1n) is 30.5. The summed E-state index contributed by atoms with van der Waals surface area (Å²) >= 11 is 14.5. The van der Waals surface area contributed by atoms with Crippen molar-refractivity contribution in [1.29, 1.82) is 0 Å². The molecule has 1 aromatic heterocycles. The number of rotatable bonds is 17. The number of amides is 5. The van der Waals surface area contributed by atoms with Crippen molar-refractivity contribution in [2.75, 3.05) is 38.1 Å². The summed E-state index contributed by atoms with van der Waals surface area (Å²) in [5, 5.41) is 27.1. The second-order valence-electron chi connectivity index (χ2n) is 26.2. The maximum atomic E-state index is 16.5. The van der Waals surface area contributed by atoms with Crippen molar-refractivity contribution in [2.45, 2.75) is 190 Å². The molecule has 7 aliphatic rings. The lowest BCUT2D eigenvalue weighted by Crippen LogP contribution is -2.60. The van der Waals surface area contributed by atoms with Gasteiger partial charge in [-0.1, -0.05) is 93.6 Å². The molecule has 84 heavy (non-hydrogen) atoms. The van der Waals surface area contributed by atoms with E-state index in [0.29, 0.717) is 47.7 Å². The molecular formula is C64H80Cl2F2N8O7S. The van der Waals surface area contributed by atoms with Crippen LogP contribution in [0.1, 0.15) is 152 Å². The van der Waals surface area contributed by atoms with Gasteiger partial charge in [-0.3, -0.25) is 29.3 Å². The molecule has 0 unspecified atom stereocenters. The highest BCUT2D eigenvalue weighted by molar-refractivity contribution is 7.13. The van der Waals surface area contributed by atoms with E-state index in [0.717, 1.165) is 118 Å². The molecule has 20 heteroatoms. The molecule has 3 aromatic carbocycles. The Morgan fingerprint density at radius 3 is 2.39 bits per heavy atom. The van der Waals surface area contributed by atoms with Crippen molar-refractivity contribution in [3.05, 3.63) is 98.4 Å². The summed E-state index contributed by atoms with van der Waals surface area (Å²) in [5.41, 5.74) is 1.18. The molecule has 4 aromatic rings. The Hall–Kier alpha value is -5.24. The van der Waals surface area contributed by atoms with Crippen molar-refractivity contribution in [1.82, 2.24) is 36.1 Å². The number of aliphatic hydroxyl groups excluding tert-OH is 1. The number of alkyl halides is 1. The van der Waals surface area contributed by atoms with Crippen molar-refractivity contribution < 1.29 is 42.6 Å². The molecule has 11 rings (SSSR count). The molecule has 2 spiro atoms. The van der Waals surface area contributed by atoms with Crippen molar-refractivity contribution in [3.8, 4) is 16.2 Å². The van der Waals surface area contributed by atoms with Gasteiger partial charge in [0.1, 0.15) is 29.1 Å². The quantitative estimate of drug-likeness (QED) is 0.0554. The van der Waals surface area contributed by atoms with Crippen LogP contribution in [0.15, 0.2) is 60.1 Å². The molecule has 0 radical (unpaired) electrons. The number of aliphatic hydroxyl groups is 1. The largest absolute Gasteiger partial charge is 0.493 e. The zero-order valence-electron chi connectivity index (χ0n) is 48.6. The van der Waals surface area contributed by atoms with Gasteiger partial charge in [0.25, 0.3) is 5.91 Å². The molecule has 6 N–H and O–H groups in total. The van der Waals surface area contributed by atoms with Gasteiger partial charge >= 0.3 is 0 Å².